The van der Waals surface area contributed by atoms with Crippen molar-refractivity contribution in [1.29, 1.82) is 0 Å². The van der Waals surface area contributed by atoms with E-state index < -0.39 is 0 Å². The van der Waals surface area contributed by atoms with Crippen LogP contribution in [0.1, 0.15) is 91.4 Å². The van der Waals surface area contributed by atoms with E-state index in [9.17, 15) is 4.79 Å². The highest BCUT2D eigenvalue weighted by Crippen LogP contribution is 2.42. The molecule has 7 heteroatoms. The van der Waals surface area contributed by atoms with Crippen molar-refractivity contribution in [2.45, 2.75) is 110 Å². The molecule has 4 aliphatic heterocycles. The minimum Gasteiger partial charge on any atom is -0.346 e. The van der Waals surface area contributed by atoms with Gasteiger partial charge in [0.1, 0.15) is 6.17 Å². The number of piperazine rings is 1. The molecule has 1 aliphatic carbocycles. The summed E-state index contributed by atoms with van der Waals surface area (Å²) in [7, 11) is 0. The summed E-state index contributed by atoms with van der Waals surface area (Å²) >= 11 is 0. The average molecular weight is 520 g/mol. The maximum Gasteiger partial charge on any atom is 0.222 e. The van der Waals surface area contributed by atoms with Crippen LogP contribution in [0.15, 0.2) is 0 Å². The quantitative estimate of drug-likeness (QED) is 0.499. The van der Waals surface area contributed by atoms with Gasteiger partial charge in [-0.1, -0.05) is 20.8 Å². The molecule has 7 nitrogen and oxygen atoms in total. The highest BCUT2D eigenvalue weighted by atomic mass is 16.7. The van der Waals surface area contributed by atoms with Gasteiger partial charge in [0.15, 0.2) is 0 Å². The number of nitrogens with one attached hydrogen (secondary N) is 1. The Kier molecular flexibility index (Phi) is 9.50. The Labute approximate surface area is 226 Å². The monoisotopic (exact) mass is 519 g/mol. The molecular weight excluding hydrogens is 462 g/mol. The molecule has 5 atom stereocenters. The van der Waals surface area contributed by atoms with Crippen molar-refractivity contribution in [3.63, 3.8) is 0 Å². The maximum atomic E-state index is 13.3. The van der Waals surface area contributed by atoms with E-state index in [1.807, 2.05) is 0 Å². The fourth-order valence-corrected chi connectivity index (χ4v) is 8.28. The Hall–Kier alpha value is -0.730. The number of hydroxylamine groups is 1. The zero-order valence-electron chi connectivity index (χ0n) is 24.1. The van der Waals surface area contributed by atoms with Crippen LogP contribution in [0.4, 0.5) is 0 Å². The smallest absolute Gasteiger partial charge is 0.222 e. The Balaban J connectivity index is 1.05. The number of hydrogen-bond acceptors (Lipinski definition) is 4. The first kappa shape index (κ1) is 27.8. The van der Waals surface area contributed by atoms with Crippen molar-refractivity contribution in [2.75, 3.05) is 45.8 Å². The summed E-state index contributed by atoms with van der Waals surface area (Å²) in [6, 6.07) is 0.453. The first-order valence-corrected chi connectivity index (χ1v) is 15.9. The van der Waals surface area contributed by atoms with Crippen molar-refractivity contribution in [1.82, 2.24) is 15.3 Å². The third kappa shape index (κ3) is 7.27. The molecule has 4 saturated heterocycles. The molecule has 5 rings (SSSR count). The zero-order valence-corrected chi connectivity index (χ0v) is 24.1. The lowest BCUT2D eigenvalue weighted by molar-refractivity contribution is -0.717. The van der Waals surface area contributed by atoms with Gasteiger partial charge in [-0.05, 0) is 74.5 Å². The third-order valence-electron chi connectivity index (χ3n) is 10.9. The van der Waals surface area contributed by atoms with Crippen molar-refractivity contribution in [2.24, 2.45) is 29.1 Å². The minimum absolute atomic E-state index is 0.385. The average Bonchev–Trinajstić information content (AvgIpc) is 3.38. The van der Waals surface area contributed by atoms with E-state index in [4.69, 9.17) is 4.84 Å². The molecule has 0 aromatic carbocycles. The van der Waals surface area contributed by atoms with Gasteiger partial charge in [0.05, 0.1) is 25.7 Å². The van der Waals surface area contributed by atoms with E-state index in [1.165, 1.54) is 71.0 Å². The van der Waals surface area contributed by atoms with Crippen LogP contribution in [0.2, 0.25) is 0 Å². The molecule has 5 aliphatic rings. The number of carbonyl (C=O) groups is 1. The second-order valence-electron chi connectivity index (χ2n) is 14.3. The number of carbonyl (C=O) groups excluding carboxylic acids is 1. The maximum absolute atomic E-state index is 13.3. The van der Waals surface area contributed by atoms with Crippen LogP contribution in [0, 0.1) is 29.1 Å². The van der Waals surface area contributed by atoms with E-state index >= 15 is 0 Å². The third-order valence-corrected chi connectivity index (χ3v) is 10.9. The van der Waals surface area contributed by atoms with E-state index in [2.05, 4.69) is 46.7 Å². The van der Waals surface area contributed by atoms with Gasteiger partial charge in [-0.3, -0.25) is 14.5 Å². The van der Waals surface area contributed by atoms with Crippen LogP contribution in [-0.4, -0.2) is 79.8 Å². The second kappa shape index (κ2) is 12.6. The summed E-state index contributed by atoms with van der Waals surface area (Å²) in [4.78, 5) is 24.3. The topological polar surface area (TPSA) is 78.0 Å². The van der Waals surface area contributed by atoms with Gasteiger partial charge in [-0.25, -0.2) is 0 Å². The fraction of sp³-hybridized carbons (Fsp3) is 0.967. The van der Waals surface area contributed by atoms with Crippen molar-refractivity contribution in [3.8, 4) is 0 Å². The molecule has 37 heavy (non-hydrogen) atoms. The second-order valence-corrected chi connectivity index (χ2v) is 14.3. The Morgan fingerprint density at radius 3 is 2.43 bits per heavy atom. The van der Waals surface area contributed by atoms with Crippen LogP contribution in [0.25, 0.3) is 0 Å². The summed E-state index contributed by atoms with van der Waals surface area (Å²) in [6.07, 6.45) is 14.7. The SMILES string of the molecule is CC(C)(C)C1CCC(C2CC(C[C@@H]3C[NH2+]CC[C@H]3CC(=O)N3CCN(C4CCCC[NH2+]4)CC3)NO2)CC1. The highest BCUT2D eigenvalue weighted by molar-refractivity contribution is 5.76. The predicted octanol–water partition coefficient (Wildman–Crippen LogP) is 1.70. The molecule has 5 N–H and O–H groups in total. The van der Waals surface area contributed by atoms with Gasteiger partial charge < -0.3 is 15.5 Å². The molecule has 4 heterocycles. The lowest BCUT2D eigenvalue weighted by Crippen LogP contribution is -2.95. The summed E-state index contributed by atoms with van der Waals surface area (Å²) in [5.41, 5.74) is 3.89. The molecule has 0 aromatic heterocycles. The molecule has 1 saturated carbocycles. The van der Waals surface area contributed by atoms with Gasteiger partial charge in [0.2, 0.25) is 5.91 Å². The number of amides is 1. The molecular formula is C30H57N5O2+2. The molecule has 0 aromatic rings. The highest BCUT2D eigenvalue weighted by Gasteiger charge is 2.40. The molecule has 1 amide bonds. The Morgan fingerprint density at radius 2 is 1.73 bits per heavy atom. The minimum atomic E-state index is 0.385. The van der Waals surface area contributed by atoms with Crippen molar-refractivity contribution < 1.29 is 20.3 Å². The van der Waals surface area contributed by atoms with Crippen molar-refractivity contribution >= 4 is 5.91 Å². The van der Waals surface area contributed by atoms with Crippen LogP contribution in [0.3, 0.4) is 0 Å². The van der Waals surface area contributed by atoms with Crippen LogP contribution >= 0.6 is 0 Å². The molecule has 0 spiro atoms. The normalized spacial score (nSPS) is 38.6. The van der Waals surface area contributed by atoms with Gasteiger partial charge in [0.25, 0.3) is 0 Å². The first-order valence-electron chi connectivity index (χ1n) is 15.9. The predicted molar refractivity (Wildman–Crippen MR) is 146 cm³/mol. The van der Waals surface area contributed by atoms with Crippen LogP contribution in [-0.2, 0) is 9.63 Å². The van der Waals surface area contributed by atoms with Gasteiger partial charge >= 0.3 is 0 Å². The van der Waals surface area contributed by atoms with E-state index in [-0.39, 0.29) is 0 Å². The molecule has 3 unspecified atom stereocenters. The number of piperidine rings is 2. The Morgan fingerprint density at radius 1 is 0.946 bits per heavy atom. The van der Waals surface area contributed by atoms with E-state index in [0.717, 1.165) is 57.3 Å². The standard InChI is InChI=1S/C30H55N5O2/c1-30(2,3)25-9-7-22(8-10-25)27-20-26(33-37-27)18-24-21-31-13-11-23(24)19-29(36)35-16-14-34(15-17-35)28-6-4-5-12-32-28/h22-28,31-33H,4-21H2,1-3H3/p+2/t22?,23-,24+,25?,26?,27?,28?/m0/s1. The molecule has 0 bridgehead atoms. The number of quaternary nitrogens is 2. The van der Waals surface area contributed by atoms with Gasteiger partial charge in [-0.15, -0.1) is 0 Å². The number of nitrogens with zero attached hydrogens (tertiary/aromatic N) is 2. The molecule has 212 valence electrons. The number of rotatable bonds is 6. The lowest BCUT2D eigenvalue weighted by atomic mass is 9.68. The fourth-order valence-electron chi connectivity index (χ4n) is 8.28. The zero-order chi connectivity index (χ0) is 25.8. The first-order chi connectivity index (χ1) is 17.9. The van der Waals surface area contributed by atoms with Crippen LogP contribution in [0.5, 0.6) is 0 Å². The summed E-state index contributed by atoms with van der Waals surface area (Å²) in [5.74, 6) is 3.14. The Bertz CT molecular complexity index is 720. The van der Waals surface area contributed by atoms with Gasteiger partial charge in [0, 0.05) is 57.4 Å². The number of nitrogens with two attached hydrogens (primary N) is 2. The summed E-state index contributed by atoms with van der Waals surface area (Å²) in [6.45, 7) is 14.8. The van der Waals surface area contributed by atoms with E-state index in [1.54, 1.807) is 0 Å². The summed E-state index contributed by atoms with van der Waals surface area (Å²) in [5, 5.41) is 5.00. The molecule has 5 fully saturated rings. The van der Waals surface area contributed by atoms with Gasteiger partial charge in [-0.2, -0.15) is 5.48 Å². The van der Waals surface area contributed by atoms with Crippen molar-refractivity contribution in [3.05, 3.63) is 0 Å². The number of hydrogen-bond donors (Lipinski definition) is 3. The van der Waals surface area contributed by atoms with Crippen LogP contribution < -0.4 is 16.1 Å². The lowest BCUT2D eigenvalue weighted by Gasteiger charge is -2.40. The largest absolute Gasteiger partial charge is 0.346 e. The molecule has 0 radical (unpaired) electrons. The summed E-state index contributed by atoms with van der Waals surface area (Å²) < 4.78 is 0. The van der Waals surface area contributed by atoms with E-state index in [0.29, 0.717) is 41.5 Å².